The van der Waals surface area contributed by atoms with Crippen LogP contribution in [0.2, 0.25) is 0 Å². The first-order chi connectivity index (χ1) is 18.7. The summed E-state index contributed by atoms with van der Waals surface area (Å²) in [7, 11) is 1.65. The van der Waals surface area contributed by atoms with Crippen LogP contribution in [0.1, 0.15) is 43.2 Å². The molecule has 3 aromatic rings. The fourth-order valence-electron chi connectivity index (χ4n) is 5.52. The minimum Gasteiger partial charge on any atom is -0.497 e. The predicted octanol–water partition coefficient (Wildman–Crippen LogP) is 7.18. The van der Waals surface area contributed by atoms with Gasteiger partial charge in [0.05, 0.1) is 18.2 Å². The van der Waals surface area contributed by atoms with Crippen LogP contribution < -0.4 is 4.74 Å². The van der Waals surface area contributed by atoms with E-state index in [1.54, 1.807) is 13.2 Å². The van der Waals surface area contributed by atoms with Gasteiger partial charge in [-0.15, -0.1) is 11.8 Å². The third-order valence-electron chi connectivity index (χ3n) is 7.52. The second-order valence-corrected chi connectivity index (χ2v) is 11.3. The Kier molecular flexibility index (Phi) is 10.1. The van der Waals surface area contributed by atoms with E-state index in [0.29, 0.717) is 10.8 Å². The summed E-state index contributed by atoms with van der Waals surface area (Å²) in [5, 5.41) is 10.6. The van der Waals surface area contributed by atoms with Gasteiger partial charge >= 0.3 is 12.1 Å². The first kappa shape index (κ1) is 29.2. The number of hydrogen-bond acceptors (Lipinski definition) is 5. The number of fused-ring (bicyclic) bond motifs is 1. The second-order valence-electron chi connectivity index (χ2n) is 10.2. The number of nitrogens with zero attached hydrogens (tertiary/aromatic N) is 2. The normalized spacial score (nSPS) is 18.4. The average Bonchev–Trinajstić information content (AvgIpc) is 2.91. The average molecular weight is 561 g/mol. The Morgan fingerprint density at radius 1 is 1.15 bits per heavy atom. The fraction of sp³-hybridized carbons (Fsp3) is 0.467. The number of rotatable bonds is 12. The van der Waals surface area contributed by atoms with Crippen LogP contribution in [0.25, 0.3) is 10.9 Å². The number of likely N-dealkylation sites (tertiary alicyclic amines) is 1. The topological polar surface area (TPSA) is 62.7 Å². The van der Waals surface area contributed by atoms with Gasteiger partial charge in [-0.3, -0.25) is 9.78 Å². The highest BCUT2D eigenvalue weighted by Gasteiger charge is 2.31. The highest BCUT2D eigenvalue weighted by atomic mass is 32.2. The molecule has 2 atom stereocenters. The number of alkyl halides is 3. The van der Waals surface area contributed by atoms with Crippen molar-refractivity contribution in [1.82, 2.24) is 9.88 Å². The highest BCUT2D eigenvalue weighted by molar-refractivity contribution is 7.99. The molecule has 1 aliphatic heterocycles. The van der Waals surface area contributed by atoms with E-state index in [0.717, 1.165) is 80.2 Å². The largest absolute Gasteiger partial charge is 0.497 e. The second kappa shape index (κ2) is 13.5. The summed E-state index contributed by atoms with van der Waals surface area (Å²) in [6.45, 7) is 2.49. The standard InChI is InChI=1S/C30H35F3N2O3S/c1-38-25-9-10-28-27(19-25)22(11-13-34-28)6-2-5-21-12-15-35(20-23(21)17-29(36)37)14-4-16-39-26-8-3-7-24(18-26)30(31,32)33/h3,7-11,13,18-19,21,23H,2,4-6,12,14-17,20H2,1H3,(H,36,37)/t21-,23+/m1/s1. The molecule has 2 aromatic carbocycles. The van der Waals surface area contributed by atoms with E-state index in [9.17, 15) is 23.1 Å². The molecule has 0 bridgehead atoms. The SMILES string of the molecule is COc1ccc2nccc(CCC[C@@H]3CCN(CCCSc4cccc(C(F)(F)F)c4)C[C@@H]3CC(=O)O)c2c1. The third-order valence-corrected chi connectivity index (χ3v) is 8.60. The number of aryl methyl sites for hydroxylation is 1. The molecule has 0 saturated carbocycles. The number of methoxy groups -OCH3 is 1. The molecule has 1 aromatic heterocycles. The zero-order valence-electron chi connectivity index (χ0n) is 22.1. The van der Waals surface area contributed by atoms with Crippen LogP contribution in [0.15, 0.2) is 59.6 Å². The molecular formula is C30H35F3N2O3S. The lowest BCUT2D eigenvalue weighted by Gasteiger charge is -2.38. The lowest BCUT2D eigenvalue weighted by molar-refractivity contribution is -0.139. The van der Waals surface area contributed by atoms with Crippen molar-refractivity contribution in [2.75, 3.05) is 32.5 Å². The monoisotopic (exact) mass is 560 g/mol. The molecule has 9 heteroatoms. The van der Waals surface area contributed by atoms with Gasteiger partial charge in [0, 0.05) is 29.4 Å². The van der Waals surface area contributed by atoms with E-state index in [4.69, 9.17) is 4.74 Å². The molecule has 0 radical (unpaired) electrons. The Labute approximate surface area is 231 Å². The van der Waals surface area contributed by atoms with Crippen molar-refractivity contribution in [1.29, 1.82) is 0 Å². The summed E-state index contributed by atoms with van der Waals surface area (Å²) < 4.78 is 44.2. The van der Waals surface area contributed by atoms with Crippen LogP contribution in [0, 0.1) is 11.8 Å². The third kappa shape index (κ3) is 8.35. The van der Waals surface area contributed by atoms with Gasteiger partial charge in [0.2, 0.25) is 0 Å². The zero-order valence-corrected chi connectivity index (χ0v) is 22.9. The van der Waals surface area contributed by atoms with Crippen LogP contribution >= 0.6 is 11.8 Å². The van der Waals surface area contributed by atoms with Gasteiger partial charge in [0.1, 0.15) is 5.75 Å². The van der Waals surface area contributed by atoms with Crippen LogP contribution in [-0.2, 0) is 17.4 Å². The quantitative estimate of drug-likeness (QED) is 0.187. The molecule has 4 rings (SSSR count). The maximum Gasteiger partial charge on any atom is 0.416 e. The number of piperidine rings is 1. The number of ether oxygens (including phenoxy) is 1. The number of carboxylic acid groups (broad SMARTS) is 1. The van der Waals surface area contributed by atoms with E-state index < -0.39 is 17.7 Å². The van der Waals surface area contributed by atoms with Gasteiger partial charge < -0.3 is 14.7 Å². The van der Waals surface area contributed by atoms with Gasteiger partial charge in [-0.25, -0.2) is 0 Å². The summed E-state index contributed by atoms with van der Waals surface area (Å²) in [5.41, 5.74) is 1.55. The van der Waals surface area contributed by atoms with Crippen molar-refractivity contribution in [3.8, 4) is 5.75 Å². The van der Waals surface area contributed by atoms with E-state index in [1.165, 1.54) is 29.5 Å². The first-order valence-electron chi connectivity index (χ1n) is 13.4. The molecule has 210 valence electrons. The summed E-state index contributed by atoms with van der Waals surface area (Å²) in [6.07, 6.45) is 2.32. The summed E-state index contributed by atoms with van der Waals surface area (Å²) in [4.78, 5) is 19.0. The summed E-state index contributed by atoms with van der Waals surface area (Å²) >= 11 is 1.43. The number of carboxylic acids is 1. The highest BCUT2D eigenvalue weighted by Crippen LogP contribution is 2.33. The molecule has 2 heterocycles. The number of halogens is 3. The van der Waals surface area contributed by atoms with Gasteiger partial charge in [-0.05, 0) is 111 Å². The number of aromatic nitrogens is 1. The maximum atomic E-state index is 12.9. The molecule has 1 fully saturated rings. The Balaban J connectivity index is 1.26. The van der Waals surface area contributed by atoms with Crippen LogP contribution in [-0.4, -0.2) is 53.5 Å². The predicted molar refractivity (Wildman–Crippen MR) is 148 cm³/mol. The van der Waals surface area contributed by atoms with Crippen molar-refractivity contribution in [2.45, 2.75) is 49.6 Å². The van der Waals surface area contributed by atoms with Crippen molar-refractivity contribution in [3.05, 3.63) is 65.9 Å². The van der Waals surface area contributed by atoms with E-state index >= 15 is 0 Å². The number of pyridine rings is 1. The van der Waals surface area contributed by atoms with Crippen LogP contribution in [0.4, 0.5) is 13.2 Å². The summed E-state index contributed by atoms with van der Waals surface area (Å²) in [5.74, 6) is 1.22. The van der Waals surface area contributed by atoms with E-state index in [1.807, 2.05) is 24.4 Å². The van der Waals surface area contributed by atoms with Crippen LogP contribution in [0.5, 0.6) is 5.75 Å². The number of hydrogen-bond donors (Lipinski definition) is 1. The molecule has 1 aliphatic rings. The molecule has 1 N–H and O–H groups in total. The van der Waals surface area contributed by atoms with Crippen molar-refractivity contribution in [3.63, 3.8) is 0 Å². The Hall–Kier alpha value is -2.78. The molecular weight excluding hydrogens is 525 g/mol. The number of carbonyl (C=O) groups is 1. The fourth-order valence-corrected chi connectivity index (χ4v) is 6.41. The van der Waals surface area contributed by atoms with Gasteiger partial charge in [-0.1, -0.05) is 6.07 Å². The molecule has 1 saturated heterocycles. The minimum absolute atomic E-state index is 0.0987. The lowest BCUT2D eigenvalue weighted by atomic mass is 9.80. The maximum absolute atomic E-state index is 12.9. The molecule has 5 nitrogen and oxygen atoms in total. The Bertz CT molecular complexity index is 1250. The Morgan fingerprint density at radius 2 is 2.00 bits per heavy atom. The molecule has 0 spiro atoms. The lowest BCUT2D eigenvalue weighted by Crippen LogP contribution is -2.41. The minimum atomic E-state index is -4.33. The molecule has 0 aliphatic carbocycles. The van der Waals surface area contributed by atoms with Crippen LogP contribution in [0.3, 0.4) is 0 Å². The number of aliphatic carboxylic acids is 1. The van der Waals surface area contributed by atoms with Gasteiger partial charge in [-0.2, -0.15) is 13.2 Å². The van der Waals surface area contributed by atoms with E-state index in [2.05, 4.69) is 16.0 Å². The van der Waals surface area contributed by atoms with Crippen molar-refractivity contribution < 1.29 is 27.8 Å². The zero-order chi connectivity index (χ0) is 27.8. The molecule has 0 unspecified atom stereocenters. The molecule has 39 heavy (non-hydrogen) atoms. The number of thioether (sulfide) groups is 1. The van der Waals surface area contributed by atoms with Crippen molar-refractivity contribution >= 4 is 28.6 Å². The van der Waals surface area contributed by atoms with E-state index in [-0.39, 0.29) is 12.3 Å². The van der Waals surface area contributed by atoms with Gasteiger partial charge in [0.25, 0.3) is 0 Å². The summed E-state index contributed by atoms with van der Waals surface area (Å²) in [6, 6.07) is 13.4. The van der Waals surface area contributed by atoms with Gasteiger partial charge in [0.15, 0.2) is 0 Å². The smallest absolute Gasteiger partial charge is 0.416 e. The van der Waals surface area contributed by atoms with Crippen molar-refractivity contribution in [2.24, 2.45) is 11.8 Å². The first-order valence-corrected chi connectivity index (χ1v) is 14.4. The number of benzene rings is 2. The Morgan fingerprint density at radius 3 is 2.77 bits per heavy atom. The molecule has 0 amide bonds.